The number of hydrogen-bond donors (Lipinski definition) is 3. The van der Waals surface area contributed by atoms with Crippen LogP contribution in [-0.4, -0.2) is 46.5 Å². The Balaban J connectivity index is 1.51. The van der Waals surface area contributed by atoms with Gasteiger partial charge in [-0.1, -0.05) is 0 Å². The first-order chi connectivity index (χ1) is 12.2. The zero-order chi connectivity index (χ0) is 17.6. The minimum Gasteiger partial charge on any atom is -0.493 e. The first kappa shape index (κ1) is 17.2. The Bertz CT molecular complexity index is 854. The molecular formula is C16H20N6O2S. The van der Waals surface area contributed by atoms with Gasteiger partial charge in [0.25, 0.3) is 0 Å². The molecule has 3 aromatic rings. The smallest absolute Gasteiger partial charge is 0.223 e. The predicted molar refractivity (Wildman–Crippen MR) is 99.5 cm³/mol. The number of aromatic nitrogens is 4. The summed E-state index contributed by atoms with van der Waals surface area (Å²) in [7, 11) is 3.25. The van der Waals surface area contributed by atoms with Crippen LogP contribution in [0.1, 0.15) is 6.42 Å². The van der Waals surface area contributed by atoms with E-state index in [1.54, 1.807) is 32.3 Å². The molecule has 2 heterocycles. The van der Waals surface area contributed by atoms with Crippen molar-refractivity contribution in [1.29, 1.82) is 0 Å². The van der Waals surface area contributed by atoms with E-state index in [1.807, 2.05) is 18.2 Å². The topological polar surface area (TPSA) is 111 Å². The van der Waals surface area contributed by atoms with Crippen LogP contribution in [0, 0.1) is 0 Å². The monoisotopic (exact) mass is 360 g/mol. The number of nitrogens with zero attached hydrogens (tertiary/aromatic N) is 3. The van der Waals surface area contributed by atoms with E-state index in [1.165, 1.54) is 0 Å². The first-order valence-electron chi connectivity index (χ1n) is 7.76. The Hall–Kier alpha value is -2.68. The van der Waals surface area contributed by atoms with Crippen LogP contribution in [-0.2, 0) is 0 Å². The molecule has 0 saturated heterocycles. The summed E-state index contributed by atoms with van der Waals surface area (Å²) in [4.78, 5) is 15.5. The number of nitrogen functional groups attached to an aromatic ring is 1. The van der Waals surface area contributed by atoms with Crippen LogP contribution in [0.2, 0.25) is 0 Å². The summed E-state index contributed by atoms with van der Waals surface area (Å²) in [5.74, 6) is 2.56. The molecule has 0 unspecified atom stereocenters. The third kappa shape index (κ3) is 4.05. The number of thioether (sulfide) groups is 1. The maximum absolute atomic E-state index is 5.72. The normalized spacial score (nSPS) is 10.8. The molecule has 0 amide bonds. The van der Waals surface area contributed by atoms with Crippen molar-refractivity contribution in [1.82, 2.24) is 19.9 Å². The quantitative estimate of drug-likeness (QED) is 0.319. The number of benzene rings is 1. The van der Waals surface area contributed by atoms with Crippen molar-refractivity contribution in [3.05, 3.63) is 24.5 Å². The summed E-state index contributed by atoms with van der Waals surface area (Å²) in [6, 6.07) is 5.77. The van der Waals surface area contributed by atoms with Gasteiger partial charge in [0.05, 0.1) is 20.5 Å². The predicted octanol–water partition coefficient (Wildman–Crippen LogP) is 2.55. The molecule has 0 aliphatic heterocycles. The lowest BCUT2D eigenvalue weighted by Gasteiger charge is -2.11. The Morgan fingerprint density at radius 3 is 2.84 bits per heavy atom. The zero-order valence-corrected chi connectivity index (χ0v) is 14.9. The van der Waals surface area contributed by atoms with Crippen molar-refractivity contribution >= 4 is 34.6 Å². The minimum absolute atomic E-state index is 0.241. The van der Waals surface area contributed by atoms with E-state index >= 15 is 0 Å². The van der Waals surface area contributed by atoms with Crippen LogP contribution in [0.5, 0.6) is 11.5 Å². The van der Waals surface area contributed by atoms with E-state index in [0.29, 0.717) is 17.1 Å². The first-order valence-corrected chi connectivity index (χ1v) is 8.75. The second kappa shape index (κ2) is 7.93. The fourth-order valence-electron chi connectivity index (χ4n) is 2.35. The molecule has 2 aromatic heterocycles. The lowest BCUT2D eigenvalue weighted by atomic mass is 10.2. The van der Waals surface area contributed by atoms with Crippen molar-refractivity contribution in [2.75, 3.05) is 37.6 Å². The summed E-state index contributed by atoms with van der Waals surface area (Å²) in [6.45, 7) is 0.829. The van der Waals surface area contributed by atoms with Crippen molar-refractivity contribution in [2.24, 2.45) is 0 Å². The van der Waals surface area contributed by atoms with E-state index in [-0.39, 0.29) is 5.95 Å². The molecule has 0 radical (unpaired) electrons. The molecule has 8 nitrogen and oxygen atoms in total. The highest BCUT2D eigenvalue weighted by molar-refractivity contribution is 7.99. The van der Waals surface area contributed by atoms with Gasteiger partial charge in [-0.05, 0) is 18.6 Å². The number of fused-ring (bicyclic) bond motifs is 1. The molecule has 0 spiro atoms. The Morgan fingerprint density at radius 2 is 2.04 bits per heavy atom. The van der Waals surface area contributed by atoms with Gasteiger partial charge in [0.2, 0.25) is 5.95 Å². The number of anilines is 2. The van der Waals surface area contributed by atoms with E-state index in [0.717, 1.165) is 34.9 Å². The number of nitrogens with one attached hydrogen (secondary N) is 2. The van der Waals surface area contributed by atoms with Crippen LogP contribution in [0.3, 0.4) is 0 Å². The Labute approximate surface area is 149 Å². The second-order valence-corrected chi connectivity index (χ2v) is 6.27. The van der Waals surface area contributed by atoms with Gasteiger partial charge in [-0.25, -0.2) is 9.97 Å². The van der Waals surface area contributed by atoms with Crippen LogP contribution in [0.4, 0.5) is 11.6 Å². The fourth-order valence-corrected chi connectivity index (χ4v) is 3.28. The van der Waals surface area contributed by atoms with Gasteiger partial charge in [0.15, 0.2) is 17.1 Å². The van der Waals surface area contributed by atoms with Crippen molar-refractivity contribution < 1.29 is 9.47 Å². The highest BCUT2D eigenvalue weighted by atomic mass is 32.2. The average Bonchev–Trinajstić information content (AvgIpc) is 3.09. The van der Waals surface area contributed by atoms with Gasteiger partial charge >= 0.3 is 0 Å². The molecule has 0 atom stereocenters. The molecule has 25 heavy (non-hydrogen) atoms. The Kier molecular flexibility index (Phi) is 5.44. The van der Waals surface area contributed by atoms with Gasteiger partial charge in [-0.3, -0.25) is 0 Å². The lowest BCUT2D eigenvalue weighted by molar-refractivity contribution is 0.355. The highest BCUT2D eigenvalue weighted by Gasteiger charge is 2.09. The number of hydrogen-bond acceptors (Lipinski definition) is 8. The van der Waals surface area contributed by atoms with Crippen molar-refractivity contribution in [2.45, 2.75) is 11.4 Å². The summed E-state index contributed by atoms with van der Waals surface area (Å²) < 4.78 is 10.5. The number of nitrogens with two attached hydrogens (primary N) is 1. The molecule has 0 aliphatic rings. The summed E-state index contributed by atoms with van der Waals surface area (Å²) in [5, 5.41) is 4.20. The SMILES string of the molecule is COc1ccc(NCCCSc2nc(N)nc3nc[nH]c23)cc1OC. The largest absolute Gasteiger partial charge is 0.493 e. The summed E-state index contributed by atoms with van der Waals surface area (Å²) >= 11 is 1.63. The number of rotatable bonds is 8. The molecule has 132 valence electrons. The van der Waals surface area contributed by atoms with Crippen LogP contribution in [0.25, 0.3) is 11.2 Å². The van der Waals surface area contributed by atoms with Gasteiger partial charge in [-0.2, -0.15) is 4.98 Å². The molecule has 9 heteroatoms. The maximum atomic E-state index is 5.72. The van der Waals surface area contributed by atoms with Crippen LogP contribution in [0.15, 0.2) is 29.6 Å². The number of methoxy groups -OCH3 is 2. The molecule has 0 bridgehead atoms. The van der Waals surface area contributed by atoms with Crippen molar-refractivity contribution in [3.8, 4) is 11.5 Å². The van der Waals surface area contributed by atoms with Crippen LogP contribution >= 0.6 is 11.8 Å². The van der Waals surface area contributed by atoms with E-state index < -0.39 is 0 Å². The van der Waals surface area contributed by atoms with E-state index in [9.17, 15) is 0 Å². The average molecular weight is 360 g/mol. The molecule has 0 fully saturated rings. The highest BCUT2D eigenvalue weighted by Crippen LogP contribution is 2.30. The number of imidazole rings is 1. The molecule has 1 aromatic carbocycles. The van der Waals surface area contributed by atoms with Gasteiger partial charge in [0.1, 0.15) is 10.5 Å². The molecule has 0 saturated carbocycles. The molecular weight excluding hydrogens is 340 g/mol. The van der Waals surface area contributed by atoms with Crippen LogP contribution < -0.4 is 20.5 Å². The summed E-state index contributed by atoms with van der Waals surface area (Å²) in [6.07, 6.45) is 2.56. The standard InChI is InChI=1S/C16H20N6O2S/c1-23-11-5-4-10(8-12(11)24-2)18-6-3-7-25-15-13-14(20-9-19-13)21-16(17)22-15/h4-5,8-9,18H,3,6-7H2,1-2H3,(H3,17,19,20,21,22). The second-order valence-electron chi connectivity index (χ2n) is 5.19. The van der Waals surface area contributed by atoms with Gasteiger partial charge in [0, 0.05) is 24.1 Å². The van der Waals surface area contributed by atoms with Crippen molar-refractivity contribution in [3.63, 3.8) is 0 Å². The number of aromatic amines is 1. The Morgan fingerprint density at radius 1 is 1.20 bits per heavy atom. The third-order valence-electron chi connectivity index (χ3n) is 3.54. The fraction of sp³-hybridized carbons (Fsp3) is 0.312. The summed E-state index contributed by atoms with van der Waals surface area (Å²) in [5.41, 5.74) is 8.13. The van der Waals surface area contributed by atoms with E-state index in [4.69, 9.17) is 15.2 Å². The molecule has 0 aliphatic carbocycles. The maximum Gasteiger partial charge on any atom is 0.223 e. The zero-order valence-electron chi connectivity index (χ0n) is 14.1. The molecule has 3 rings (SSSR count). The number of H-pyrrole nitrogens is 1. The van der Waals surface area contributed by atoms with Gasteiger partial charge < -0.3 is 25.5 Å². The lowest BCUT2D eigenvalue weighted by Crippen LogP contribution is -2.03. The third-order valence-corrected chi connectivity index (χ3v) is 4.60. The molecule has 4 N–H and O–H groups in total. The van der Waals surface area contributed by atoms with E-state index in [2.05, 4.69) is 25.3 Å². The van der Waals surface area contributed by atoms with Gasteiger partial charge in [-0.15, -0.1) is 11.8 Å². The number of ether oxygens (including phenoxy) is 2. The minimum atomic E-state index is 0.241.